The second kappa shape index (κ2) is 6.08. The molecule has 21 heavy (non-hydrogen) atoms. The lowest BCUT2D eigenvalue weighted by Gasteiger charge is -2.29. The maximum absolute atomic E-state index is 10.4. The lowest BCUT2D eigenvalue weighted by Crippen LogP contribution is -2.22. The minimum Gasteiger partial charge on any atom is -0.481 e. The Bertz CT molecular complexity index is 636. The Balaban J connectivity index is 1.49. The summed E-state index contributed by atoms with van der Waals surface area (Å²) >= 11 is 0. The summed E-state index contributed by atoms with van der Waals surface area (Å²) in [5, 5.41) is 16.9. The van der Waals surface area contributed by atoms with Gasteiger partial charge in [-0.25, -0.2) is 0 Å². The largest absolute Gasteiger partial charge is 0.481 e. The van der Waals surface area contributed by atoms with E-state index in [0.717, 1.165) is 31.5 Å². The zero-order valence-corrected chi connectivity index (χ0v) is 11.9. The molecule has 5 nitrogen and oxygen atoms in total. The van der Waals surface area contributed by atoms with E-state index >= 15 is 0 Å². The third-order valence-corrected chi connectivity index (χ3v) is 4.03. The fourth-order valence-corrected chi connectivity index (χ4v) is 2.88. The van der Waals surface area contributed by atoms with Gasteiger partial charge in [0, 0.05) is 25.1 Å². The molecule has 2 aromatic rings. The fraction of sp³-hybridized carbons (Fsp3) is 0.438. The lowest BCUT2D eigenvalue weighted by molar-refractivity contribution is -0.137. The van der Waals surface area contributed by atoms with Crippen molar-refractivity contribution >= 4 is 5.97 Å². The van der Waals surface area contributed by atoms with Gasteiger partial charge >= 0.3 is 5.97 Å². The smallest absolute Gasteiger partial charge is 0.303 e. The van der Waals surface area contributed by atoms with Gasteiger partial charge in [-0.1, -0.05) is 29.5 Å². The maximum atomic E-state index is 10.4. The molecule has 1 aromatic carbocycles. The molecular weight excluding hydrogens is 266 g/mol. The first-order valence-corrected chi connectivity index (χ1v) is 7.41. The number of carboxylic acid groups (broad SMARTS) is 1. The van der Waals surface area contributed by atoms with E-state index in [9.17, 15) is 4.79 Å². The Hall–Kier alpha value is -2.17. The fourth-order valence-electron chi connectivity index (χ4n) is 2.88. The maximum Gasteiger partial charge on any atom is 0.303 e. The molecule has 0 fully saturated rings. The van der Waals surface area contributed by atoms with Gasteiger partial charge in [-0.3, -0.25) is 9.48 Å². The van der Waals surface area contributed by atoms with Gasteiger partial charge < -0.3 is 5.11 Å². The summed E-state index contributed by atoms with van der Waals surface area (Å²) in [6.45, 7) is 0.874. The van der Waals surface area contributed by atoms with E-state index in [1.807, 2.05) is 10.9 Å². The van der Waals surface area contributed by atoms with E-state index in [1.165, 1.54) is 11.1 Å². The molecule has 1 N–H and O–H groups in total. The van der Waals surface area contributed by atoms with Gasteiger partial charge in [0.25, 0.3) is 0 Å². The molecule has 0 bridgehead atoms. The highest BCUT2D eigenvalue weighted by Crippen LogP contribution is 2.35. The van der Waals surface area contributed by atoms with E-state index in [0.29, 0.717) is 12.3 Å². The van der Waals surface area contributed by atoms with Crippen LogP contribution in [0.3, 0.4) is 0 Å². The molecule has 0 amide bonds. The van der Waals surface area contributed by atoms with Crippen LogP contribution in [0.25, 0.3) is 0 Å². The Morgan fingerprint density at radius 1 is 1.33 bits per heavy atom. The highest BCUT2D eigenvalue weighted by atomic mass is 16.4. The zero-order chi connectivity index (χ0) is 14.7. The number of nitrogens with zero attached hydrogens (tertiary/aromatic N) is 3. The molecule has 110 valence electrons. The molecule has 0 aliphatic heterocycles. The second-order valence-corrected chi connectivity index (χ2v) is 5.63. The van der Waals surface area contributed by atoms with Crippen molar-refractivity contribution in [2.75, 3.05) is 0 Å². The van der Waals surface area contributed by atoms with Crippen molar-refractivity contribution < 1.29 is 9.90 Å². The standard InChI is InChI=1S/C16H19N3O2/c20-16(21)8-4-2-6-14-11-19(18-17-14)10-13-9-12-5-1-3-7-15(12)13/h1,3,5,7,11,13H,2,4,6,8-10H2,(H,20,21). The van der Waals surface area contributed by atoms with E-state index in [4.69, 9.17) is 5.11 Å². The molecule has 1 unspecified atom stereocenters. The first-order chi connectivity index (χ1) is 10.2. The van der Waals surface area contributed by atoms with Crippen LogP contribution in [0.5, 0.6) is 0 Å². The van der Waals surface area contributed by atoms with Gasteiger partial charge in [-0.2, -0.15) is 0 Å². The third kappa shape index (κ3) is 3.29. The molecule has 0 saturated heterocycles. The van der Waals surface area contributed by atoms with Crippen LogP contribution in [0.4, 0.5) is 0 Å². The molecule has 3 rings (SSSR count). The van der Waals surface area contributed by atoms with Crippen LogP contribution in [0.2, 0.25) is 0 Å². The third-order valence-electron chi connectivity index (χ3n) is 4.03. The lowest BCUT2D eigenvalue weighted by atomic mass is 9.78. The van der Waals surface area contributed by atoms with Crippen molar-refractivity contribution in [3.05, 3.63) is 47.3 Å². The highest BCUT2D eigenvalue weighted by molar-refractivity contribution is 5.66. The summed E-state index contributed by atoms with van der Waals surface area (Å²) in [7, 11) is 0. The number of carboxylic acids is 1. The van der Waals surface area contributed by atoms with Crippen molar-refractivity contribution in [1.29, 1.82) is 0 Å². The average Bonchev–Trinajstić information content (AvgIpc) is 2.89. The number of benzene rings is 1. The van der Waals surface area contributed by atoms with Gasteiger partial charge in [0.05, 0.1) is 5.69 Å². The molecule has 1 aromatic heterocycles. The average molecular weight is 285 g/mol. The normalized spacial score (nSPS) is 16.3. The number of unbranched alkanes of at least 4 members (excludes halogenated alkanes) is 1. The Morgan fingerprint density at radius 3 is 3.00 bits per heavy atom. The van der Waals surface area contributed by atoms with Gasteiger partial charge in [0.1, 0.15) is 0 Å². The first-order valence-electron chi connectivity index (χ1n) is 7.41. The number of carbonyl (C=O) groups is 1. The highest BCUT2D eigenvalue weighted by Gasteiger charge is 2.25. The molecule has 5 heteroatoms. The number of aromatic nitrogens is 3. The number of fused-ring (bicyclic) bond motifs is 1. The number of aryl methyl sites for hydroxylation is 1. The number of aliphatic carboxylic acids is 1. The van der Waals surface area contributed by atoms with Gasteiger partial charge in [0.15, 0.2) is 0 Å². The summed E-state index contributed by atoms with van der Waals surface area (Å²) in [4.78, 5) is 10.4. The van der Waals surface area contributed by atoms with Crippen LogP contribution in [-0.2, 0) is 24.2 Å². The Morgan fingerprint density at radius 2 is 2.19 bits per heavy atom. The predicted molar refractivity (Wildman–Crippen MR) is 78.1 cm³/mol. The Kier molecular flexibility index (Phi) is 3.99. The van der Waals surface area contributed by atoms with Crippen LogP contribution in [0.15, 0.2) is 30.5 Å². The predicted octanol–water partition coefficient (Wildman–Crippen LogP) is 2.42. The van der Waals surface area contributed by atoms with Crippen molar-refractivity contribution in [1.82, 2.24) is 15.0 Å². The van der Waals surface area contributed by atoms with Gasteiger partial charge in [0.2, 0.25) is 0 Å². The summed E-state index contributed by atoms with van der Waals surface area (Å²) in [6, 6.07) is 8.54. The van der Waals surface area contributed by atoms with Crippen molar-refractivity contribution in [3.63, 3.8) is 0 Å². The van der Waals surface area contributed by atoms with E-state index in [2.05, 4.69) is 34.6 Å². The van der Waals surface area contributed by atoms with Crippen molar-refractivity contribution in [2.45, 2.75) is 44.6 Å². The van der Waals surface area contributed by atoms with E-state index < -0.39 is 5.97 Å². The number of rotatable bonds is 7. The van der Waals surface area contributed by atoms with E-state index in [1.54, 1.807) is 0 Å². The summed E-state index contributed by atoms with van der Waals surface area (Å²) in [5.74, 6) is -0.190. The molecule has 0 saturated carbocycles. The van der Waals surface area contributed by atoms with Crippen molar-refractivity contribution in [3.8, 4) is 0 Å². The van der Waals surface area contributed by atoms with Gasteiger partial charge in [-0.05, 0) is 36.8 Å². The number of hydrogen-bond donors (Lipinski definition) is 1. The monoisotopic (exact) mass is 285 g/mol. The Labute approximate surface area is 123 Å². The topological polar surface area (TPSA) is 68.0 Å². The number of hydrogen-bond acceptors (Lipinski definition) is 3. The second-order valence-electron chi connectivity index (χ2n) is 5.63. The quantitative estimate of drug-likeness (QED) is 0.793. The summed E-state index contributed by atoms with van der Waals surface area (Å²) < 4.78 is 1.91. The molecule has 1 atom stereocenters. The molecular formula is C16H19N3O2. The SMILES string of the molecule is O=C(O)CCCCc1cn(CC2Cc3ccccc32)nn1. The van der Waals surface area contributed by atoms with Crippen LogP contribution in [0.1, 0.15) is 42.0 Å². The van der Waals surface area contributed by atoms with Crippen molar-refractivity contribution in [2.24, 2.45) is 0 Å². The zero-order valence-electron chi connectivity index (χ0n) is 11.9. The van der Waals surface area contributed by atoms with E-state index in [-0.39, 0.29) is 6.42 Å². The molecule has 0 spiro atoms. The first kappa shape index (κ1) is 13.8. The van der Waals surface area contributed by atoms with Gasteiger partial charge in [-0.15, -0.1) is 5.10 Å². The van der Waals surface area contributed by atoms with Crippen LogP contribution < -0.4 is 0 Å². The molecule has 1 aliphatic rings. The minimum atomic E-state index is -0.734. The van der Waals surface area contributed by atoms with Crippen LogP contribution in [-0.4, -0.2) is 26.1 Å². The summed E-state index contributed by atoms with van der Waals surface area (Å²) in [6.07, 6.45) is 5.67. The summed E-state index contributed by atoms with van der Waals surface area (Å²) in [5.41, 5.74) is 3.82. The molecule has 1 heterocycles. The van der Waals surface area contributed by atoms with Crippen LogP contribution >= 0.6 is 0 Å². The minimum absolute atomic E-state index is 0.229. The molecule has 1 aliphatic carbocycles. The van der Waals surface area contributed by atoms with Crippen LogP contribution in [0, 0.1) is 0 Å². The molecule has 0 radical (unpaired) electrons.